The van der Waals surface area contributed by atoms with Crippen molar-refractivity contribution in [2.24, 2.45) is 0 Å². The van der Waals surface area contributed by atoms with Gasteiger partial charge in [0.05, 0.1) is 17.2 Å². The molecule has 1 aromatic heterocycles. The monoisotopic (exact) mass is 292 g/mol. The fourth-order valence-corrected chi connectivity index (χ4v) is 2.29. The molecular formula is C14H16N2O3S. The highest BCUT2D eigenvalue weighted by atomic mass is 32.2. The lowest BCUT2D eigenvalue weighted by Gasteiger charge is -2.03. The van der Waals surface area contributed by atoms with Gasteiger partial charge in [0, 0.05) is 18.7 Å². The molecule has 0 aliphatic rings. The van der Waals surface area contributed by atoms with Gasteiger partial charge in [-0.2, -0.15) is 11.8 Å². The van der Waals surface area contributed by atoms with Crippen LogP contribution >= 0.6 is 11.8 Å². The maximum Gasteiger partial charge on any atom is 0.269 e. The second-order valence-corrected chi connectivity index (χ2v) is 5.20. The van der Waals surface area contributed by atoms with Gasteiger partial charge < -0.3 is 9.73 Å². The third-order valence-corrected chi connectivity index (χ3v) is 3.33. The van der Waals surface area contributed by atoms with Crippen LogP contribution in [0, 0.1) is 10.1 Å². The molecule has 0 atom stereocenters. The molecule has 106 valence electrons. The number of non-ortho nitro benzene ring substituents is 1. The second kappa shape index (κ2) is 7.12. The molecule has 1 aromatic carbocycles. The summed E-state index contributed by atoms with van der Waals surface area (Å²) in [6, 6.07) is 10.5. The molecule has 0 spiro atoms. The van der Waals surface area contributed by atoms with Crippen molar-refractivity contribution in [3.8, 4) is 0 Å². The number of nitro benzene ring substituents is 1. The molecule has 2 rings (SSSR count). The van der Waals surface area contributed by atoms with Gasteiger partial charge in [-0.05, 0) is 24.0 Å². The average Bonchev–Trinajstić information content (AvgIpc) is 2.87. The van der Waals surface area contributed by atoms with Gasteiger partial charge >= 0.3 is 0 Å². The third kappa shape index (κ3) is 4.11. The number of rotatable bonds is 7. The smallest absolute Gasteiger partial charge is 0.269 e. The predicted molar refractivity (Wildman–Crippen MR) is 79.6 cm³/mol. The van der Waals surface area contributed by atoms with Crippen molar-refractivity contribution in [2.45, 2.75) is 18.8 Å². The summed E-state index contributed by atoms with van der Waals surface area (Å²) >= 11 is 1.72. The topological polar surface area (TPSA) is 68.3 Å². The summed E-state index contributed by atoms with van der Waals surface area (Å²) in [5.74, 6) is 2.70. The highest BCUT2D eigenvalue weighted by Gasteiger charge is 2.06. The van der Waals surface area contributed by atoms with Crippen molar-refractivity contribution < 1.29 is 9.34 Å². The summed E-state index contributed by atoms with van der Waals surface area (Å²) in [7, 11) is 0. The second-order valence-electron chi connectivity index (χ2n) is 4.33. The van der Waals surface area contributed by atoms with Gasteiger partial charge in [0.2, 0.25) is 0 Å². The Morgan fingerprint density at radius 1 is 1.25 bits per heavy atom. The first kappa shape index (κ1) is 14.6. The number of hydrogen-bond donors (Lipinski definition) is 1. The van der Waals surface area contributed by atoms with E-state index in [9.17, 15) is 10.1 Å². The number of hydrogen-bond acceptors (Lipinski definition) is 5. The van der Waals surface area contributed by atoms with E-state index in [1.807, 2.05) is 24.5 Å². The van der Waals surface area contributed by atoms with Gasteiger partial charge in [0.15, 0.2) is 0 Å². The van der Waals surface area contributed by atoms with Crippen LogP contribution in [0.1, 0.15) is 17.1 Å². The molecule has 0 aliphatic heterocycles. The van der Waals surface area contributed by atoms with Crippen LogP contribution in [0.4, 0.5) is 5.69 Å². The summed E-state index contributed by atoms with van der Waals surface area (Å²) in [5, 5.41) is 13.9. The number of thioether (sulfide) groups is 1. The van der Waals surface area contributed by atoms with Crippen molar-refractivity contribution in [3.05, 3.63) is 63.6 Å². The van der Waals surface area contributed by atoms with Crippen LogP contribution in [-0.2, 0) is 18.8 Å². The minimum absolute atomic E-state index is 0.115. The first-order valence-corrected chi connectivity index (χ1v) is 7.59. The van der Waals surface area contributed by atoms with Gasteiger partial charge in [0.25, 0.3) is 5.69 Å². The van der Waals surface area contributed by atoms with E-state index in [0.29, 0.717) is 13.1 Å². The Morgan fingerprint density at radius 3 is 2.80 bits per heavy atom. The Bertz CT molecular complexity index is 583. The van der Waals surface area contributed by atoms with E-state index in [-0.39, 0.29) is 10.6 Å². The zero-order chi connectivity index (χ0) is 14.4. The number of furan rings is 1. The van der Waals surface area contributed by atoms with Crippen molar-refractivity contribution >= 4 is 17.4 Å². The Balaban J connectivity index is 1.85. The predicted octanol–water partition coefficient (Wildman–Crippen LogP) is 3.34. The molecule has 1 N–H and O–H groups in total. The third-order valence-electron chi connectivity index (χ3n) is 2.75. The summed E-state index contributed by atoms with van der Waals surface area (Å²) in [5.41, 5.74) is 1.000. The van der Waals surface area contributed by atoms with Crippen molar-refractivity contribution in [1.29, 1.82) is 0 Å². The Morgan fingerprint density at radius 2 is 2.05 bits per heavy atom. The van der Waals surface area contributed by atoms with Crippen molar-refractivity contribution in [1.82, 2.24) is 5.32 Å². The molecule has 6 heteroatoms. The zero-order valence-corrected chi connectivity index (χ0v) is 12.0. The van der Waals surface area contributed by atoms with Crippen LogP contribution in [0.5, 0.6) is 0 Å². The zero-order valence-electron chi connectivity index (χ0n) is 11.2. The molecular weight excluding hydrogens is 276 g/mol. The van der Waals surface area contributed by atoms with Gasteiger partial charge in [-0.15, -0.1) is 0 Å². The Kier molecular flexibility index (Phi) is 5.20. The molecule has 0 saturated heterocycles. The lowest BCUT2D eigenvalue weighted by atomic mass is 10.2. The summed E-state index contributed by atoms with van der Waals surface area (Å²) in [4.78, 5) is 10.3. The van der Waals surface area contributed by atoms with E-state index in [2.05, 4.69) is 5.32 Å². The molecule has 5 nitrogen and oxygen atoms in total. The Hall–Kier alpha value is -1.79. The molecule has 0 fully saturated rings. The summed E-state index contributed by atoms with van der Waals surface area (Å²) in [6.45, 7) is 1.18. The quantitative estimate of drug-likeness (QED) is 0.626. The van der Waals surface area contributed by atoms with Crippen LogP contribution in [0.3, 0.4) is 0 Å². The standard InChI is InChI=1S/C14H16N2O3S/c1-20-10-14-6-5-13(19-14)9-15-8-11-3-2-4-12(7-11)16(17)18/h2-7,15H,8-10H2,1H3. The summed E-state index contributed by atoms with van der Waals surface area (Å²) < 4.78 is 5.63. The molecule has 0 radical (unpaired) electrons. The molecule has 0 bridgehead atoms. The van der Waals surface area contributed by atoms with E-state index in [1.165, 1.54) is 6.07 Å². The van der Waals surface area contributed by atoms with Crippen LogP contribution in [0.25, 0.3) is 0 Å². The first-order chi connectivity index (χ1) is 9.69. The van der Waals surface area contributed by atoms with Crippen LogP contribution in [0.2, 0.25) is 0 Å². The minimum Gasteiger partial charge on any atom is -0.464 e. The van der Waals surface area contributed by atoms with Gasteiger partial charge in [0.1, 0.15) is 11.5 Å². The van der Waals surface area contributed by atoms with E-state index >= 15 is 0 Å². The number of nitrogens with one attached hydrogen (secondary N) is 1. The molecule has 0 saturated carbocycles. The summed E-state index contributed by atoms with van der Waals surface area (Å²) in [6.07, 6.45) is 2.03. The molecule has 20 heavy (non-hydrogen) atoms. The lowest BCUT2D eigenvalue weighted by molar-refractivity contribution is -0.384. The van der Waals surface area contributed by atoms with Gasteiger partial charge in [-0.25, -0.2) is 0 Å². The molecule has 0 unspecified atom stereocenters. The normalized spacial score (nSPS) is 10.7. The van der Waals surface area contributed by atoms with E-state index in [4.69, 9.17) is 4.42 Å². The average molecular weight is 292 g/mol. The Labute approximate surface area is 121 Å². The fraction of sp³-hybridized carbons (Fsp3) is 0.286. The van der Waals surface area contributed by atoms with Gasteiger partial charge in [-0.3, -0.25) is 10.1 Å². The maximum atomic E-state index is 10.7. The van der Waals surface area contributed by atoms with E-state index in [0.717, 1.165) is 22.8 Å². The largest absolute Gasteiger partial charge is 0.464 e. The highest BCUT2D eigenvalue weighted by Crippen LogP contribution is 2.15. The van der Waals surface area contributed by atoms with Crippen molar-refractivity contribution in [2.75, 3.05) is 6.26 Å². The maximum absolute atomic E-state index is 10.7. The van der Waals surface area contributed by atoms with E-state index in [1.54, 1.807) is 23.9 Å². The van der Waals surface area contributed by atoms with Crippen molar-refractivity contribution in [3.63, 3.8) is 0 Å². The van der Waals surface area contributed by atoms with Crippen LogP contribution in [0.15, 0.2) is 40.8 Å². The van der Waals surface area contributed by atoms with Gasteiger partial charge in [-0.1, -0.05) is 12.1 Å². The SMILES string of the molecule is CSCc1ccc(CNCc2cccc([N+](=O)[O-])c2)o1. The first-order valence-electron chi connectivity index (χ1n) is 6.19. The van der Waals surface area contributed by atoms with E-state index < -0.39 is 0 Å². The minimum atomic E-state index is -0.384. The van der Waals surface area contributed by atoms with Crippen LogP contribution < -0.4 is 5.32 Å². The molecule has 1 heterocycles. The number of benzene rings is 1. The number of nitrogens with zero attached hydrogens (tertiary/aromatic N) is 1. The number of nitro groups is 1. The lowest BCUT2D eigenvalue weighted by Crippen LogP contribution is -2.12. The molecule has 0 aliphatic carbocycles. The fourth-order valence-electron chi connectivity index (χ4n) is 1.85. The molecule has 2 aromatic rings. The van der Waals surface area contributed by atoms with Crippen LogP contribution in [-0.4, -0.2) is 11.2 Å². The highest BCUT2D eigenvalue weighted by molar-refractivity contribution is 7.97. The molecule has 0 amide bonds.